The van der Waals surface area contributed by atoms with Gasteiger partial charge in [0.2, 0.25) is 5.91 Å². The van der Waals surface area contributed by atoms with E-state index < -0.39 is 17.1 Å². The first kappa shape index (κ1) is 16.4. The first-order valence-electron chi connectivity index (χ1n) is 7.28. The number of aliphatic carboxylic acids is 1. The average Bonchev–Trinajstić information content (AvgIpc) is 2.86. The number of carboxylic acid groups (broad SMARTS) is 1. The number of fused-ring (bicyclic) bond motifs is 1. The van der Waals surface area contributed by atoms with E-state index in [0.29, 0.717) is 17.9 Å². The van der Waals surface area contributed by atoms with Crippen LogP contribution in [0, 0.1) is 5.82 Å². The van der Waals surface area contributed by atoms with Gasteiger partial charge >= 0.3 is 5.97 Å². The van der Waals surface area contributed by atoms with Crippen LogP contribution in [0.2, 0.25) is 0 Å². The molecule has 1 aromatic rings. The summed E-state index contributed by atoms with van der Waals surface area (Å²) in [6, 6.07) is 2.75. The Morgan fingerprint density at radius 1 is 1.54 bits per heavy atom. The number of carbonyl (C=O) groups excluding carboxylic acids is 1. The zero-order chi connectivity index (χ0) is 17.1. The Labute approximate surface area is 141 Å². The van der Waals surface area contributed by atoms with Crippen LogP contribution in [0.5, 0.6) is 5.75 Å². The molecule has 126 valence electrons. The summed E-state index contributed by atoms with van der Waals surface area (Å²) in [5, 5.41) is 18.4. The highest BCUT2D eigenvalue weighted by atomic mass is 32.2. The van der Waals surface area contributed by atoms with Gasteiger partial charge in [-0.1, -0.05) is 11.8 Å². The molecular weight excluding hydrogens is 337 g/mol. The second-order valence-corrected chi connectivity index (χ2v) is 6.47. The fraction of sp³-hybridized carbons (Fsp3) is 0.333. The standard InChI is InChI=1S/C15H14FN3O4S/c16-10-4-8-2-1-3-23-13(8)9(5-10)7-17-19-15-18-14(22)11(24-15)6-12(20)21/h4-5,7,11H,1-3,6H2,(H,20,21)(H,18,19,22). The molecule has 7 nitrogen and oxygen atoms in total. The molecule has 0 bridgehead atoms. The average molecular weight is 351 g/mol. The molecule has 0 aliphatic carbocycles. The second-order valence-electron chi connectivity index (χ2n) is 5.28. The smallest absolute Gasteiger partial charge is 0.305 e. The maximum atomic E-state index is 13.6. The van der Waals surface area contributed by atoms with Gasteiger partial charge in [0.15, 0.2) is 5.17 Å². The molecule has 0 saturated carbocycles. The van der Waals surface area contributed by atoms with Crippen LogP contribution in [0.3, 0.4) is 0 Å². The van der Waals surface area contributed by atoms with Gasteiger partial charge in [-0.05, 0) is 30.5 Å². The van der Waals surface area contributed by atoms with Gasteiger partial charge in [-0.2, -0.15) is 5.10 Å². The van der Waals surface area contributed by atoms with Gasteiger partial charge in [0.1, 0.15) is 16.8 Å². The predicted molar refractivity (Wildman–Crippen MR) is 87.0 cm³/mol. The molecule has 1 unspecified atom stereocenters. The van der Waals surface area contributed by atoms with Crippen LogP contribution in [0.1, 0.15) is 24.0 Å². The molecule has 2 aliphatic heterocycles. The lowest BCUT2D eigenvalue weighted by Gasteiger charge is -2.18. The van der Waals surface area contributed by atoms with E-state index in [1.165, 1.54) is 18.3 Å². The van der Waals surface area contributed by atoms with Crippen LogP contribution in [0.15, 0.2) is 22.3 Å². The maximum absolute atomic E-state index is 13.6. The SMILES string of the molecule is O=C(O)CC1SC(=NN=Cc2cc(F)cc3c2OCCC3)NC1=O. The molecule has 0 radical (unpaired) electrons. The van der Waals surface area contributed by atoms with E-state index in [1.807, 2.05) is 0 Å². The summed E-state index contributed by atoms with van der Waals surface area (Å²) in [5.74, 6) is -1.25. The molecule has 1 aromatic carbocycles. The van der Waals surface area contributed by atoms with Gasteiger partial charge in [-0.3, -0.25) is 9.59 Å². The van der Waals surface area contributed by atoms with Crippen LogP contribution in [0.4, 0.5) is 4.39 Å². The van der Waals surface area contributed by atoms with Crippen molar-refractivity contribution in [1.29, 1.82) is 0 Å². The summed E-state index contributed by atoms with van der Waals surface area (Å²) in [4.78, 5) is 22.3. The van der Waals surface area contributed by atoms with E-state index in [-0.39, 0.29) is 17.4 Å². The van der Waals surface area contributed by atoms with Crippen LogP contribution >= 0.6 is 11.8 Å². The summed E-state index contributed by atoms with van der Waals surface area (Å²) in [7, 11) is 0. The topological polar surface area (TPSA) is 100 Å². The normalized spacial score (nSPS) is 21.6. The maximum Gasteiger partial charge on any atom is 0.305 e. The van der Waals surface area contributed by atoms with Gasteiger partial charge in [0, 0.05) is 5.56 Å². The third kappa shape index (κ3) is 3.73. The number of hydrogen-bond donors (Lipinski definition) is 2. The van der Waals surface area contributed by atoms with Crippen molar-refractivity contribution >= 4 is 35.0 Å². The minimum absolute atomic E-state index is 0.216. The Morgan fingerprint density at radius 3 is 3.17 bits per heavy atom. The van der Waals surface area contributed by atoms with Crippen LogP contribution < -0.4 is 10.1 Å². The number of aryl methyl sites for hydroxylation is 1. The molecule has 0 spiro atoms. The van der Waals surface area contributed by atoms with Crippen molar-refractivity contribution in [2.24, 2.45) is 10.2 Å². The summed E-state index contributed by atoms with van der Waals surface area (Å²) in [6.45, 7) is 0.566. The van der Waals surface area contributed by atoms with Crippen molar-refractivity contribution in [2.45, 2.75) is 24.5 Å². The lowest BCUT2D eigenvalue weighted by atomic mass is 10.0. The Morgan fingerprint density at radius 2 is 2.38 bits per heavy atom. The van der Waals surface area contributed by atoms with Crippen LogP contribution in [-0.4, -0.2) is 40.2 Å². The molecular formula is C15H14FN3O4S. The predicted octanol–water partition coefficient (Wildman–Crippen LogP) is 1.55. The molecule has 1 amide bonds. The number of rotatable bonds is 4. The number of nitrogens with one attached hydrogen (secondary N) is 1. The number of benzene rings is 1. The molecule has 9 heteroatoms. The summed E-state index contributed by atoms with van der Waals surface area (Å²) >= 11 is 1.00. The Kier molecular flexibility index (Phi) is 4.79. The van der Waals surface area contributed by atoms with E-state index in [1.54, 1.807) is 0 Å². The number of amidine groups is 1. The number of carbonyl (C=O) groups is 2. The van der Waals surface area contributed by atoms with E-state index >= 15 is 0 Å². The number of nitrogens with zero attached hydrogens (tertiary/aromatic N) is 2. The van der Waals surface area contributed by atoms with Gasteiger partial charge in [-0.25, -0.2) is 4.39 Å². The highest BCUT2D eigenvalue weighted by Gasteiger charge is 2.32. The highest BCUT2D eigenvalue weighted by Crippen LogP contribution is 2.29. The molecule has 2 N–H and O–H groups in total. The summed E-state index contributed by atoms with van der Waals surface area (Å²) < 4.78 is 19.2. The van der Waals surface area contributed by atoms with Gasteiger partial charge in [-0.15, -0.1) is 5.10 Å². The quantitative estimate of drug-likeness (QED) is 0.633. The number of carboxylic acids is 1. The van der Waals surface area contributed by atoms with Crippen molar-refractivity contribution < 1.29 is 23.8 Å². The number of ether oxygens (including phenoxy) is 1. The third-order valence-electron chi connectivity index (χ3n) is 3.48. The molecule has 24 heavy (non-hydrogen) atoms. The first-order chi connectivity index (χ1) is 11.5. The molecule has 0 aromatic heterocycles. The van der Waals surface area contributed by atoms with Crippen molar-refractivity contribution in [3.63, 3.8) is 0 Å². The molecule has 1 fully saturated rings. The van der Waals surface area contributed by atoms with Gasteiger partial charge in [0.25, 0.3) is 0 Å². The van der Waals surface area contributed by atoms with Gasteiger partial charge < -0.3 is 15.2 Å². The monoisotopic (exact) mass is 351 g/mol. The molecule has 2 aliphatic rings. The van der Waals surface area contributed by atoms with Gasteiger partial charge in [0.05, 0.1) is 19.2 Å². The van der Waals surface area contributed by atoms with E-state index in [2.05, 4.69) is 15.5 Å². The largest absolute Gasteiger partial charge is 0.493 e. The third-order valence-corrected chi connectivity index (χ3v) is 4.55. The number of amides is 1. The van der Waals surface area contributed by atoms with Crippen molar-refractivity contribution in [3.05, 3.63) is 29.1 Å². The van der Waals surface area contributed by atoms with Crippen LogP contribution in [0.25, 0.3) is 0 Å². The lowest BCUT2D eigenvalue weighted by molar-refractivity contribution is -0.138. The highest BCUT2D eigenvalue weighted by molar-refractivity contribution is 8.15. The zero-order valence-corrected chi connectivity index (χ0v) is 13.3. The second kappa shape index (κ2) is 7.00. The van der Waals surface area contributed by atoms with Crippen molar-refractivity contribution in [3.8, 4) is 5.75 Å². The van der Waals surface area contributed by atoms with Crippen molar-refractivity contribution in [1.82, 2.24) is 5.32 Å². The minimum atomic E-state index is -1.06. The molecule has 1 atom stereocenters. The lowest BCUT2D eigenvalue weighted by Crippen LogP contribution is -2.26. The first-order valence-corrected chi connectivity index (χ1v) is 8.16. The Balaban J connectivity index is 1.74. The Hall–Kier alpha value is -2.42. The number of thioether (sulfide) groups is 1. The molecule has 1 saturated heterocycles. The minimum Gasteiger partial charge on any atom is -0.493 e. The van der Waals surface area contributed by atoms with E-state index in [9.17, 15) is 14.0 Å². The Bertz CT molecular complexity index is 750. The van der Waals surface area contributed by atoms with E-state index in [4.69, 9.17) is 9.84 Å². The summed E-state index contributed by atoms with van der Waals surface area (Å²) in [5.41, 5.74) is 1.27. The fourth-order valence-electron chi connectivity index (χ4n) is 2.46. The fourth-order valence-corrected chi connectivity index (χ4v) is 3.37. The number of hydrogen-bond acceptors (Lipinski definition) is 6. The molecule has 2 heterocycles. The summed E-state index contributed by atoms with van der Waals surface area (Å²) in [6.07, 6.45) is 2.65. The van der Waals surface area contributed by atoms with Crippen molar-refractivity contribution in [2.75, 3.05) is 6.61 Å². The molecule has 3 rings (SSSR count). The van der Waals surface area contributed by atoms with E-state index in [0.717, 1.165) is 30.2 Å². The zero-order valence-electron chi connectivity index (χ0n) is 12.5. The van der Waals surface area contributed by atoms with Crippen LogP contribution in [-0.2, 0) is 16.0 Å². The number of halogens is 1.